The predicted molar refractivity (Wildman–Crippen MR) is 169 cm³/mol. The Hall–Kier alpha value is -5.42. The molecule has 0 unspecified atom stereocenters. The Morgan fingerprint density at radius 3 is 1.22 bits per heavy atom. The molecule has 0 saturated carbocycles. The molecule has 8 rings (SSSR count). The zero-order chi connectivity index (χ0) is 27.2. The molecule has 5 heteroatoms. The normalized spacial score (nSPS) is 11.4. The van der Waals surface area contributed by atoms with E-state index in [1.54, 1.807) is 0 Å². The third-order valence-corrected chi connectivity index (χ3v) is 7.69. The number of hydrogen-bond acceptors (Lipinski definition) is 2. The first-order valence-electron chi connectivity index (χ1n) is 13.7. The molecule has 8 aromatic rings. The fraction of sp³-hybridized carbons (Fsp3) is 0. The van der Waals surface area contributed by atoms with Crippen molar-refractivity contribution >= 4 is 51.3 Å². The van der Waals surface area contributed by atoms with E-state index >= 15 is 0 Å². The summed E-state index contributed by atoms with van der Waals surface area (Å²) in [6.07, 6.45) is 0. The minimum absolute atomic E-state index is 0.718. The van der Waals surface area contributed by atoms with Crippen molar-refractivity contribution in [1.29, 1.82) is 0 Å². The van der Waals surface area contributed by atoms with Crippen LogP contribution >= 0.6 is 0 Å². The lowest BCUT2D eigenvalue weighted by Crippen LogP contribution is -2.10. The number of rotatable bonds is 6. The zero-order valence-electron chi connectivity index (χ0n) is 22.1. The first kappa shape index (κ1) is 23.5. The SMILES string of the molecule is [B](Oc1ccc2c(c1)c1ccccc1n2-c1ccccc1)Oc1ccc2c(c1)c1ccccc1n2-c1ccccc1. The summed E-state index contributed by atoms with van der Waals surface area (Å²) in [4.78, 5) is 0. The molecular weight excluding hydrogens is 503 g/mol. The fourth-order valence-corrected chi connectivity index (χ4v) is 5.90. The second-order valence-corrected chi connectivity index (χ2v) is 10.1. The van der Waals surface area contributed by atoms with Gasteiger partial charge in [0, 0.05) is 32.9 Å². The van der Waals surface area contributed by atoms with Gasteiger partial charge in [-0.2, -0.15) is 0 Å². The van der Waals surface area contributed by atoms with Crippen molar-refractivity contribution in [3.8, 4) is 22.9 Å². The van der Waals surface area contributed by atoms with Crippen molar-refractivity contribution in [2.45, 2.75) is 0 Å². The molecule has 0 N–H and O–H groups in total. The Morgan fingerprint density at radius 2 is 0.756 bits per heavy atom. The first-order chi connectivity index (χ1) is 20.3. The van der Waals surface area contributed by atoms with Gasteiger partial charge in [0.15, 0.2) is 0 Å². The molecule has 6 aromatic carbocycles. The largest absolute Gasteiger partial charge is 0.658 e. The number of hydrogen-bond donors (Lipinski definition) is 0. The van der Waals surface area contributed by atoms with Crippen LogP contribution in [-0.4, -0.2) is 16.8 Å². The monoisotopic (exact) mass is 527 g/mol. The lowest BCUT2D eigenvalue weighted by molar-refractivity contribution is 0.460. The third kappa shape index (κ3) is 3.94. The zero-order valence-corrected chi connectivity index (χ0v) is 22.1. The van der Waals surface area contributed by atoms with Gasteiger partial charge in [-0.25, -0.2) is 0 Å². The van der Waals surface area contributed by atoms with Gasteiger partial charge in [0.05, 0.1) is 22.1 Å². The van der Waals surface area contributed by atoms with Crippen LogP contribution in [0.25, 0.3) is 55.0 Å². The fourth-order valence-electron chi connectivity index (χ4n) is 5.90. The summed E-state index contributed by atoms with van der Waals surface area (Å²) >= 11 is 0. The van der Waals surface area contributed by atoms with Crippen LogP contribution in [0, 0.1) is 0 Å². The molecular formula is C36H24BN2O2. The maximum absolute atomic E-state index is 5.99. The van der Waals surface area contributed by atoms with Crippen molar-refractivity contribution in [1.82, 2.24) is 9.13 Å². The van der Waals surface area contributed by atoms with E-state index in [0.29, 0.717) is 0 Å². The number of benzene rings is 6. The Kier molecular flexibility index (Phi) is 5.52. The molecule has 0 spiro atoms. The topological polar surface area (TPSA) is 28.3 Å². The van der Waals surface area contributed by atoms with Crippen LogP contribution in [0.4, 0.5) is 0 Å². The van der Waals surface area contributed by atoms with E-state index in [0.717, 1.165) is 55.7 Å². The molecule has 0 amide bonds. The molecule has 1 radical (unpaired) electrons. The molecule has 0 atom stereocenters. The van der Waals surface area contributed by atoms with Gasteiger partial charge in [0.25, 0.3) is 0 Å². The summed E-state index contributed by atoms with van der Waals surface area (Å²) in [5, 5.41) is 4.62. The second-order valence-electron chi connectivity index (χ2n) is 10.1. The van der Waals surface area contributed by atoms with Crippen LogP contribution in [0.2, 0.25) is 0 Å². The average Bonchev–Trinajstić information content (AvgIpc) is 3.54. The van der Waals surface area contributed by atoms with E-state index in [9.17, 15) is 0 Å². The predicted octanol–water partition coefficient (Wildman–Crippen LogP) is 8.87. The van der Waals surface area contributed by atoms with Gasteiger partial charge < -0.3 is 18.4 Å². The quantitative estimate of drug-likeness (QED) is 0.202. The number of aromatic nitrogens is 2. The van der Waals surface area contributed by atoms with Crippen LogP contribution in [0.3, 0.4) is 0 Å². The lowest BCUT2D eigenvalue weighted by Gasteiger charge is -2.10. The van der Waals surface area contributed by atoms with Gasteiger partial charge in [-0.15, -0.1) is 0 Å². The summed E-state index contributed by atoms with van der Waals surface area (Å²) in [6.45, 7) is 0. The third-order valence-electron chi connectivity index (χ3n) is 7.69. The Bertz CT molecular complexity index is 2030. The van der Waals surface area contributed by atoms with Crippen molar-refractivity contribution < 1.29 is 9.31 Å². The van der Waals surface area contributed by atoms with E-state index in [4.69, 9.17) is 9.31 Å². The highest BCUT2D eigenvalue weighted by molar-refractivity contribution is 6.21. The van der Waals surface area contributed by atoms with E-state index in [2.05, 4.69) is 130 Å². The molecule has 2 aromatic heterocycles. The molecule has 0 aliphatic carbocycles. The van der Waals surface area contributed by atoms with Crippen molar-refractivity contribution in [2.24, 2.45) is 0 Å². The van der Waals surface area contributed by atoms with Crippen LogP contribution in [-0.2, 0) is 0 Å². The summed E-state index contributed by atoms with van der Waals surface area (Å²) in [7, 11) is 1.41. The maximum Gasteiger partial charge on any atom is 0.658 e. The highest BCUT2D eigenvalue weighted by atomic mass is 16.6. The Labute approximate surface area is 237 Å². The van der Waals surface area contributed by atoms with Crippen LogP contribution in [0.5, 0.6) is 11.5 Å². The lowest BCUT2D eigenvalue weighted by atomic mass is 10.1. The average molecular weight is 527 g/mol. The first-order valence-corrected chi connectivity index (χ1v) is 13.7. The second kappa shape index (κ2) is 9.65. The Morgan fingerprint density at radius 1 is 0.366 bits per heavy atom. The molecule has 193 valence electrons. The molecule has 0 aliphatic heterocycles. The van der Waals surface area contributed by atoms with E-state index < -0.39 is 0 Å². The summed E-state index contributed by atoms with van der Waals surface area (Å²) in [6, 6.07) is 50.1. The molecule has 2 heterocycles. The minimum Gasteiger partial charge on any atom is -0.526 e. The van der Waals surface area contributed by atoms with Crippen molar-refractivity contribution in [3.05, 3.63) is 146 Å². The molecule has 0 fully saturated rings. The smallest absolute Gasteiger partial charge is 0.526 e. The molecule has 41 heavy (non-hydrogen) atoms. The summed E-state index contributed by atoms with van der Waals surface area (Å²) in [5.41, 5.74) is 6.84. The minimum atomic E-state index is 0.718. The van der Waals surface area contributed by atoms with Crippen molar-refractivity contribution in [2.75, 3.05) is 0 Å². The number of nitrogens with zero attached hydrogens (tertiary/aromatic N) is 2. The molecule has 4 nitrogen and oxygen atoms in total. The van der Waals surface area contributed by atoms with Gasteiger partial charge in [0.1, 0.15) is 11.5 Å². The molecule has 0 aliphatic rings. The van der Waals surface area contributed by atoms with Crippen molar-refractivity contribution in [3.63, 3.8) is 0 Å². The summed E-state index contributed by atoms with van der Waals surface area (Å²) < 4.78 is 16.6. The number of fused-ring (bicyclic) bond motifs is 6. The number of para-hydroxylation sites is 4. The maximum atomic E-state index is 5.99. The van der Waals surface area contributed by atoms with Crippen LogP contribution in [0.15, 0.2) is 146 Å². The van der Waals surface area contributed by atoms with E-state index in [-0.39, 0.29) is 0 Å². The standard InChI is InChI=1S/C36H24BN2O2/c1-3-11-25(12-4-1)38-33-17-9-7-15-29(33)31-23-27(19-21-35(31)38)40-37-41-28-20-22-36-32(24-28)30-16-8-10-18-34(30)39(36)26-13-5-2-6-14-26/h1-24H. The molecule has 0 saturated heterocycles. The van der Waals surface area contributed by atoms with Gasteiger partial charge >= 0.3 is 7.69 Å². The molecule has 0 bridgehead atoms. The van der Waals surface area contributed by atoms with Crippen LogP contribution < -0.4 is 9.31 Å². The highest BCUT2D eigenvalue weighted by Crippen LogP contribution is 2.35. The van der Waals surface area contributed by atoms with Gasteiger partial charge in [-0.1, -0.05) is 72.8 Å². The van der Waals surface area contributed by atoms with E-state index in [1.807, 2.05) is 24.3 Å². The highest BCUT2D eigenvalue weighted by Gasteiger charge is 2.15. The van der Waals surface area contributed by atoms with Gasteiger partial charge in [-0.3, -0.25) is 0 Å². The van der Waals surface area contributed by atoms with E-state index in [1.165, 1.54) is 18.5 Å². The van der Waals surface area contributed by atoms with Crippen LogP contribution in [0.1, 0.15) is 0 Å². The van der Waals surface area contributed by atoms with Gasteiger partial charge in [-0.05, 0) is 72.8 Å². The van der Waals surface area contributed by atoms with Gasteiger partial charge in [0.2, 0.25) is 0 Å². The Balaban J connectivity index is 1.10. The summed E-state index contributed by atoms with van der Waals surface area (Å²) in [5.74, 6) is 1.44.